The Bertz CT molecular complexity index is 1410. The minimum atomic E-state index is -1.78. The topological polar surface area (TPSA) is 175 Å². The number of benzene rings is 1. The van der Waals surface area contributed by atoms with E-state index in [2.05, 4.69) is 0 Å². The maximum Gasteiger partial charge on any atom is 0.338 e. The molecule has 12 heteroatoms. The third kappa shape index (κ3) is 4.88. The second kappa shape index (κ2) is 11.2. The van der Waals surface area contributed by atoms with E-state index in [4.69, 9.17) is 23.7 Å². The van der Waals surface area contributed by atoms with E-state index in [-0.39, 0.29) is 30.6 Å². The molecule has 3 aliphatic carbocycles. The van der Waals surface area contributed by atoms with Gasteiger partial charge in [0, 0.05) is 27.2 Å². The molecule has 3 fully saturated rings. The number of hydrogen-bond acceptors (Lipinski definition) is 12. The lowest BCUT2D eigenvalue weighted by Crippen LogP contribution is -2.79. The van der Waals surface area contributed by atoms with Gasteiger partial charge in [0.25, 0.3) is 0 Å². The highest BCUT2D eigenvalue weighted by molar-refractivity contribution is 5.89. The molecule has 4 aliphatic rings. The van der Waals surface area contributed by atoms with Gasteiger partial charge in [0.15, 0.2) is 5.60 Å². The number of aliphatic hydroxyl groups excluding tert-OH is 2. The second-order valence-corrected chi connectivity index (χ2v) is 13.5. The van der Waals surface area contributed by atoms with Crippen LogP contribution in [-0.2, 0) is 38.1 Å². The molecule has 1 aromatic rings. The van der Waals surface area contributed by atoms with Crippen molar-refractivity contribution in [3.63, 3.8) is 0 Å². The second-order valence-electron chi connectivity index (χ2n) is 13.5. The largest absolute Gasteiger partial charge is 0.462 e. The molecule has 0 amide bonds. The molecule has 12 nitrogen and oxygen atoms in total. The van der Waals surface area contributed by atoms with Crippen LogP contribution in [0.4, 0.5) is 0 Å². The van der Waals surface area contributed by atoms with Crippen molar-refractivity contribution in [3.8, 4) is 0 Å². The summed E-state index contributed by atoms with van der Waals surface area (Å²) in [4.78, 5) is 52.1. The van der Waals surface area contributed by atoms with Crippen LogP contribution in [0.1, 0.15) is 71.7 Å². The molecule has 246 valence electrons. The van der Waals surface area contributed by atoms with E-state index in [1.807, 2.05) is 0 Å². The highest BCUT2D eigenvalue weighted by Crippen LogP contribution is 2.68. The molecule has 3 N–H and O–H groups in total. The van der Waals surface area contributed by atoms with Gasteiger partial charge < -0.3 is 39.0 Å². The first-order chi connectivity index (χ1) is 20.9. The first-order valence-corrected chi connectivity index (χ1v) is 15.1. The average Bonchev–Trinajstić information content (AvgIpc) is 3.18. The number of esters is 4. The van der Waals surface area contributed by atoms with E-state index in [0.29, 0.717) is 5.57 Å². The van der Waals surface area contributed by atoms with Crippen molar-refractivity contribution in [1.82, 2.24) is 0 Å². The van der Waals surface area contributed by atoms with Crippen LogP contribution in [0.2, 0.25) is 0 Å². The van der Waals surface area contributed by atoms with Crippen LogP contribution in [0, 0.1) is 16.7 Å². The van der Waals surface area contributed by atoms with E-state index >= 15 is 0 Å². The quantitative estimate of drug-likeness (QED) is 0.237. The van der Waals surface area contributed by atoms with E-state index in [0.717, 1.165) is 0 Å². The van der Waals surface area contributed by atoms with Crippen molar-refractivity contribution in [2.24, 2.45) is 16.7 Å². The fourth-order valence-electron chi connectivity index (χ4n) is 8.71. The summed E-state index contributed by atoms with van der Waals surface area (Å²) in [6, 6.07) is 8.10. The van der Waals surface area contributed by atoms with Crippen molar-refractivity contribution in [1.29, 1.82) is 0 Å². The van der Waals surface area contributed by atoms with Gasteiger partial charge in [-0.3, -0.25) is 14.4 Å². The monoisotopic (exact) mass is 630 g/mol. The van der Waals surface area contributed by atoms with E-state index in [1.165, 1.54) is 34.6 Å². The zero-order chi connectivity index (χ0) is 33.3. The zero-order valence-corrected chi connectivity index (χ0v) is 26.6. The first kappa shape index (κ1) is 33.1. The van der Waals surface area contributed by atoms with Crippen molar-refractivity contribution in [3.05, 3.63) is 47.0 Å². The Hall–Kier alpha value is -3.32. The minimum absolute atomic E-state index is 0.00503. The molecule has 1 aromatic carbocycles. The molecule has 1 aliphatic heterocycles. The molecule has 0 radical (unpaired) electrons. The molecule has 0 spiro atoms. The number of fused-ring (bicyclic) bond motifs is 4. The van der Waals surface area contributed by atoms with Crippen molar-refractivity contribution >= 4 is 23.9 Å². The molecular weight excluding hydrogens is 588 g/mol. The Kier molecular flexibility index (Phi) is 8.21. The predicted molar refractivity (Wildman–Crippen MR) is 155 cm³/mol. The number of ether oxygens (including phenoxy) is 5. The predicted octanol–water partition coefficient (Wildman–Crippen LogP) is 2.02. The summed E-state index contributed by atoms with van der Waals surface area (Å²) in [5, 5.41) is 35.9. The van der Waals surface area contributed by atoms with Gasteiger partial charge in [-0.25, -0.2) is 4.79 Å². The molecule has 1 heterocycles. The molecule has 10 atom stereocenters. The van der Waals surface area contributed by atoms with E-state index < -0.39 is 88.5 Å². The van der Waals surface area contributed by atoms with Crippen molar-refractivity contribution in [2.75, 3.05) is 6.61 Å². The van der Waals surface area contributed by atoms with Gasteiger partial charge >= 0.3 is 23.9 Å². The normalized spacial score (nSPS) is 38.8. The summed E-state index contributed by atoms with van der Waals surface area (Å²) in [6.45, 7) is 9.66. The van der Waals surface area contributed by atoms with Gasteiger partial charge in [-0.1, -0.05) is 25.1 Å². The number of carbonyl (C=O) groups is 4. The van der Waals surface area contributed by atoms with Crippen LogP contribution in [-0.4, -0.2) is 93.6 Å². The maximum atomic E-state index is 13.8. The van der Waals surface area contributed by atoms with E-state index in [9.17, 15) is 34.5 Å². The SMILES string of the molecule is CC(=O)O[C@H]1C[C@H]2OC[C@@]2(OC(C)=O)[C@H]2[C@H](OC(C)=O)[C@@]3(C(C)(C)O)C[C@H](O)C(C)=C3[C@@H](O)[C@H](OC(=O)c3ccccc3)[C@]12C. The minimum Gasteiger partial charge on any atom is -0.462 e. The van der Waals surface area contributed by atoms with Crippen LogP contribution < -0.4 is 0 Å². The highest BCUT2D eigenvalue weighted by atomic mass is 16.6. The number of carbonyl (C=O) groups excluding carboxylic acids is 4. The molecule has 2 saturated carbocycles. The Balaban J connectivity index is 1.88. The Morgan fingerprint density at radius 2 is 1.56 bits per heavy atom. The first-order valence-electron chi connectivity index (χ1n) is 15.1. The van der Waals surface area contributed by atoms with Gasteiger partial charge in [0.2, 0.25) is 0 Å². The van der Waals surface area contributed by atoms with Gasteiger partial charge in [0.05, 0.1) is 40.6 Å². The van der Waals surface area contributed by atoms with Crippen LogP contribution in [0.5, 0.6) is 0 Å². The van der Waals surface area contributed by atoms with Gasteiger partial charge in [-0.05, 0) is 50.5 Å². The molecule has 5 rings (SSSR count). The van der Waals surface area contributed by atoms with Crippen LogP contribution in [0.25, 0.3) is 0 Å². The third-order valence-electron chi connectivity index (χ3n) is 10.5. The fourth-order valence-corrected chi connectivity index (χ4v) is 8.71. The molecule has 45 heavy (non-hydrogen) atoms. The standard InChI is InChI=1S/C33H42O12/c1-16-21(37)14-32(30(5,6)40)24(16)25(38)27(44-29(39)20-11-9-8-10-12-20)31(7)22(42-17(2)34)13-23-33(15-41-23,45-19(4)36)26(31)28(32)43-18(3)35/h8-12,21-23,25-28,37-38,40H,13-15H2,1-7H3/t21-,22-,23+,25+,26-,27-,28-,31+,32+,33-/m0/s1. The third-order valence-corrected chi connectivity index (χ3v) is 10.5. The lowest BCUT2D eigenvalue weighted by molar-refractivity contribution is -0.352. The molecule has 1 saturated heterocycles. The number of aliphatic hydroxyl groups is 3. The molecular formula is C33H42O12. The summed E-state index contributed by atoms with van der Waals surface area (Å²) >= 11 is 0. The molecule has 0 unspecified atom stereocenters. The van der Waals surface area contributed by atoms with Crippen molar-refractivity contribution < 1.29 is 58.2 Å². The summed E-state index contributed by atoms with van der Waals surface area (Å²) in [5.74, 6) is -4.08. The van der Waals surface area contributed by atoms with Crippen LogP contribution >= 0.6 is 0 Å². The Labute approximate surface area is 261 Å². The number of rotatable bonds is 6. The average molecular weight is 631 g/mol. The molecule has 0 bridgehead atoms. The Morgan fingerprint density at radius 1 is 0.933 bits per heavy atom. The van der Waals surface area contributed by atoms with Crippen LogP contribution in [0.3, 0.4) is 0 Å². The summed E-state index contributed by atoms with van der Waals surface area (Å²) in [5.41, 5.74) is -6.00. The summed E-state index contributed by atoms with van der Waals surface area (Å²) < 4.78 is 30.3. The maximum absolute atomic E-state index is 13.8. The fraction of sp³-hybridized carbons (Fsp3) is 0.636. The Morgan fingerprint density at radius 3 is 2.07 bits per heavy atom. The molecule has 0 aromatic heterocycles. The smallest absolute Gasteiger partial charge is 0.338 e. The van der Waals surface area contributed by atoms with Gasteiger partial charge in [-0.2, -0.15) is 0 Å². The summed E-state index contributed by atoms with van der Waals surface area (Å²) in [6.07, 6.45) is -7.94. The summed E-state index contributed by atoms with van der Waals surface area (Å²) in [7, 11) is 0. The number of hydrogen-bond donors (Lipinski definition) is 3. The van der Waals surface area contributed by atoms with Crippen LogP contribution in [0.15, 0.2) is 41.5 Å². The highest BCUT2D eigenvalue weighted by Gasteiger charge is 2.80. The van der Waals surface area contributed by atoms with E-state index in [1.54, 1.807) is 44.2 Å². The lowest BCUT2D eigenvalue weighted by Gasteiger charge is -2.65. The lowest BCUT2D eigenvalue weighted by atomic mass is 9.49. The van der Waals surface area contributed by atoms with Gasteiger partial charge in [-0.15, -0.1) is 0 Å². The van der Waals surface area contributed by atoms with Crippen molar-refractivity contribution in [2.45, 2.75) is 109 Å². The van der Waals surface area contributed by atoms with Gasteiger partial charge in [0.1, 0.15) is 30.5 Å². The zero-order valence-electron chi connectivity index (χ0n) is 26.6.